The smallest absolute Gasteiger partial charge is 0.160 e. The van der Waals surface area contributed by atoms with Gasteiger partial charge in [-0.1, -0.05) is 6.08 Å². The molecule has 0 bridgehead atoms. The predicted molar refractivity (Wildman–Crippen MR) is 133 cm³/mol. The second-order valence-corrected chi connectivity index (χ2v) is 8.24. The molecule has 1 aliphatic rings. The molecule has 0 saturated carbocycles. The van der Waals surface area contributed by atoms with E-state index in [0.717, 1.165) is 64.5 Å². The van der Waals surface area contributed by atoms with E-state index in [1.54, 1.807) is 17.0 Å². The minimum Gasteiger partial charge on any atom is -0.457 e. The van der Waals surface area contributed by atoms with E-state index in [0.29, 0.717) is 5.82 Å². The van der Waals surface area contributed by atoms with Crippen molar-refractivity contribution in [1.82, 2.24) is 29.9 Å². The Balaban J connectivity index is 1.27. The van der Waals surface area contributed by atoms with Gasteiger partial charge in [-0.2, -0.15) is 5.10 Å². The summed E-state index contributed by atoms with van der Waals surface area (Å²) < 4.78 is 7.93. The molecule has 0 aliphatic carbocycles. The van der Waals surface area contributed by atoms with Gasteiger partial charge in [0, 0.05) is 30.7 Å². The maximum absolute atomic E-state index is 6.13. The van der Waals surface area contributed by atoms with Gasteiger partial charge in [0.2, 0.25) is 0 Å². The van der Waals surface area contributed by atoms with E-state index in [1.165, 1.54) is 5.57 Å². The van der Waals surface area contributed by atoms with E-state index in [4.69, 9.17) is 9.72 Å². The molecular formula is C26H23N7O. The minimum absolute atomic E-state index is 0.681. The van der Waals surface area contributed by atoms with Crippen LogP contribution in [0.1, 0.15) is 17.7 Å². The Morgan fingerprint density at radius 3 is 2.91 bits per heavy atom. The number of hydrogen-bond acceptors (Lipinski definition) is 7. The number of aryl methyl sites for hydroxylation is 1. The molecule has 5 aromatic rings. The number of aromatic nitrogens is 5. The summed E-state index contributed by atoms with van der Waals surface area (Å²) in [5.41, 5.74) is 6.68. The van der Waals surface area contributed by atoms with Gasteiger partial charge < -0.3 is 15.4 Å². The Labute approximate surface area is 196 Å². The predicted octanol–water partition coefficient (Wildman–Crippen LogP) is 4.89. The van der Waals surface area contributed by atoms with E-state index in [-0.39, 0.29) is 0 Å². The first-order valence-corrected chi connectivity index (χ1v) is 11.2. The molecule has 1 aliphatic heterocycles. The normalized spacial score (nSPS) is 13.7. The molecule has 5 heterocycles. The molecule has 4 aromatic heterocycles. The highest BCUT2D eigenvalue weighted by molar-refractivity contribution is 5.88. The number of ether oxygens (including phenoxy) is 1. The second-order valence-electron chi connectivity index (χ2n) is 8.24. The summed E-state index contributed by atoms with van der Waals surface area (Å²) >= 11 is 0. The fraction of sp³-hybridized carbons (Fsp3) is 0.154. The van der Waals surface area contributed by atoms with Crippen LogP contribution in [0, 0.1) is 6.92 Å². The molecule has 0 fully saturated rings. The molecule has 0 spiro atoms. The summed E-state index contributed by atoms with van der Waals surface area (Å²) in [6, 6.07) is 15.8. The zero-order chi connectivity index (χ0) is 22.9. The highest BCUT2D eigenvalue weighted by Gasteiger charge is 2.12. The lowest BCUT2D eigenvalue weighted by molar-refractivity contribution is 0.478. The Morgan fingerprint density at radius 1 is 1.06 bits per heavy atom. The molecule has 34 heavy (non-hydrogen) atoms. The second kappa shape index (κ2) is 8.57. The summed E-state index contributed by atoms with van der Waals surface area (Å²) in [4.78, 5) is 13.8. The Hall–Kier alpha value is -4.30. The Kier molecular flexibility index (Phi) is 5.12. The molecule has 0 radical (unpaired) electrons. The van der Waals surface area contributed by atoms with E-state index in [9.17, 15) is 0 Å². The molecule has 0 atom stereocenters. The standard InChI is InChI=1S/C26H23N7O/c1-17-14-19(2-5-24(17)34-21-9-13-33-20(15-21)8-12-30-33)31-26-25-23(28-16-29-26)4-3-22(32-25)18-6-10-27-11-7-18/h2-6,8-9,12-16,27H,7,10-11H2,1H3,(H,28,29,31). The number of fused-ring (bicyclic) bond motifs is 2. The number of nitrogens with zero attached hydrogens (tertiary/aromatic N) is 5. The first-order chi connectivity index (χ1) is 16.7. The van der Waals surface area contributed by atoms with Crippen LogP contribution in [0.2, 0.25) is 0 Å². The summed E-state index contributed by atoms with van der Waals surface area (Å²) in [5, 5.41) is 11.0. The monoisotopic (exact) mass is 449 g/mol. The number of nitrogens with one attached hydrogen (secondary N) is 2. The minimum atomic E-state index is 0.681. The van der Waals surface area contributed by atoms with Crippen LogP contribution in [-0.4, -0.2) is 37.7 Å². The highest BCUT2D eigenvalue weighted by Crippen LogP contribution is 2.30. The van der Waals surface area contributed by atoms with Crippen molar-refractivity contribution in [2.75, 3.05) is 18.4 Å². The van der Waals surface area contributed by atoms with Crippen molar-refractivity contribution in [2.45, 2.75) is 13.3 Å². The van der Waals surface area contributed by atoms with Gasteiger partial charge in [0.25, 0.3) is 0 Å². The maximum atomic E-state index is 6.13. The van der Waals surface area contributed by atoms with Crippen LogP contribution >= 0.6 is 0 Å². The van der Waals surface area contributed by atoms with Gasteiger partial charge in [0.15, 0.2) is 5.82 Å². The molecular weight excluding hydrogens is 426 g/mol. The summed E-state index contributed by atoms with van der Waals surface area (Å²) in [5.74, 6) is 2.24. The third-order valence-electron chi connectivity index (χ3n) is 5.91. The average molecular weight is 450 g/mol. The molecule has 8 nitrogen and oxygen atoms in total. The molecule has 0 amide bonds. The highest BCUT2D eigenvalue weighted by atomic mass is 16.5. The number of rotatable bonds is 5. The number of pyridine rings is 2. The van der Waals surface area contributed by atoms with Crippen LogP contribution in [0.3, 0.4) is 0 Å². The Morgan fingerprint density at radius 2 is 2.03 bits per heavy atom. The number of benzene rings is 1. The van der Waals surface area contributed by atoms with Crippen LogP contribution in [0.25, 0.3) is 22.1 Å². The summed E-state index contributed by atoms with van der Waals surface area (Å²) in [6.07, 6.45) is 8.37. The molecule has 8 heteroatoms. The zero-order valence-electron chi connectivity index (χ0n) is 18.7. The van der Waals surface area contributed by atoms with Crippen molar-refractivity contribution < 1.29 is 4.74 Å². The van der Waals surface area contributed by atoms with E-state index < -0.39 is 0 Å². The third kappa shape index (κ3) is 3.95. The molecule has 6 rings (SSSR count). The molecule has 0 unspecified atom stereocenters. The number of anilines is 2. The topological polar surface area (TPSA) is 89.3 Å². The molecule has 168 valence electrons. The summed E-state index contributed by atoms with van der Waals surface area (Å²) in [7, 11) is 0. The fourth-order valence-electron chi connectivity index (χ4n) is 4.14. The lowest BCUT2D eigenvalue weighted by Gasteiger charge is -2.15. The lowest BCUT2D eigenvalue weighted by Crippen LogP contribution is -2.20. The van der Waals surface area contributed by atoms with E-state index >= 15 is 0 Å². The molecule has 1 aromatic carbocycles. The largest absolute Gasteiger partial charge is 0.457 e. The van der Waals surface area contributed by atoms with E-state index in [2.05, 4.69) is 31.8 Å². The van der Waals surface area contributed by atoms with Crippen molar-refractivity contribution in [2.24, 2.45) is 0 Å². The van der Waals surface area contributed by atoms with Crippen LogP contribution in [-0.2, 0) is 0 Å². The van der Waals surface area contributed by atoms with Gasteiger partial charge >= 0.3 is 0 Å². The lowest BCUT2D eigenvalue weighted by atomic mass is 10.1. The van der Waals surface area contributed by atoms with Crippen molar-refractivity contribution in [3.8, 4) is 11.5 Å². The van der Waals surface area contributed by atoms with Crippen molar-refractivity contribution in [1.29, 1.82) is 0 Å². The third-order valence-corrected chi connectivity index (χ3v) is 5.91. The van der Waals surface area contributed by atoms with Gasteiger partial charge in [0.1, 0.15) is 23.3 Å². The van der Waals surface area contributed by atoms with Gasteiger partial charge in [-0.15, -0.1) is 0 Å². The van der Waals surface area contributed by atoms with Crippen molar-refractivity contribution >= 4 is 33.6 Å². The maximum Gasteiger partial charge on any atom is 0.160 e. The van der Waals surface area contributed by atoms with E-state index in [1.807, 2.05) is 61.7 Å². The van der Waals surface area contributed by atoms with Crippen LogP contribution in [0.4, 0.5) is 11.5 Å². The zero-order valence-corrected chi connectivity index (χ0v) is 18.7. The number of hydrogen-bond donors (Lipinski definition) is 2. The van der Waals surface area contributed by atoms with Crippen molar-refractivity contribution in [3.63, 3.8) is 0 Å². The molecule has 0 saturated heterocycles. The fourth-order valence-corrected chi connectivity index (χ4v) is 4.14. The van der Waals surface area contributed by atoms with Crippen LogP contribution in [0.15, 0.2) is 73.3 Å². The SMILES string of the molecule is Cc1cc(Nc2ncnc3ccc(C4=CCNCC4)nc23)ccc1Oc1ccn2nccc2c1. The summed E-state index contributed by atoms with van der Waals surface area (Å²) in [6.45, 7) is 3.86. The Bertz CT molecular complexity index is 1540. The first-order valence-electron chi connectivity index (χ1n) is 11.2. The van der Waals surface area contributed by atoms with Gasteiger partial charge in [-0.3, -0.25) is 0 Å². The van der Waals surface area contributed by atoms with Gasteiger partial charge in [0.05, 0.1) is 16.7 Å². The average Bonchev–Trinajstić information content (AvgIpc) is 3.34. The van der Waals surface area contributed by atoms with Gasteiger partial charge in [-0.05, 0) is 73.5 Å². The van der Waals surface area contributed by atoms with Gasteiger partial charge in [-0.25, -0.2) is 19.5 Å². The van der Waals surface area contributed by atoms with Crippen molar-refractivity contribution in [3.05, 3.63) is 84.6 Å². The van der Waals surface area contributed by atoms with Crippen LogP contribution in [0.5, 0.6) is 11.5 Å². The quantitative estimate of drug-likeness (QED) is 0.395. The molecule has 2 N–H and O–H groups in total. The van der Waals surface area contributed by atoms with Crippen LogP contribution < -0.4 is 15.4 Å². The first kappa shape index (κ1) is 20.3.